The molecule has 2 N–H and O–H groups in total. The van der Waals surface area contributed by atoms with Crippen LogP contribution in [0.1, 0.15) is 38.7 Å². The molecule has 3 nitrogen and oxygen atoms in total. The second-order valence-corrected chi connectivity index (χ2v) is 6.98. The van der Waals surface area contributed by atoms with Crippen LogP contribution in [0.25, 0.3) is 0 Å². The number of aryl methyl sites for hydroxylation is 2. The standard InChI is InChI=1S/C16H18ClNO2S/c1-9-8-14(11(3)21-9)16(20)18-10(2)15(19)12-4-6-13(17)7-5-12/h4-8,10,15,19H,1-3H3,(H,18,20). The van der Waals surface area contributed by atoms with Crippen LogP contribution in [-0.4, -0.2) is 17.1 Å². The van der Waals surface area contributed by atoms with Crippen molar-refractivity contribution in [2.24, 2.45) is 0 Å². The molecule has 1 aromatic carbocycles. The van der Waals surface area contributed by atoms with Crippen molar-refractivity contribution in [2.45, 2.75) is 32.9 Å². The second-order valence-electron chi connectivity index (χ2n) is 5.09. The third kappa shape index (κ3) is 3.84. The molecule has 0 bridgehead atoms. The van der Waals surface area contributed by atoms with Gasteiger partial charge in [0.25, 0.3) is 5.91 Å². The number of hydrogen-bond acceptors (Lipinski definition) is 3. The first-order valence-electron chi connectivity index (χ1n) is 6.70. The summed E-state index contributed by atoms with van der Waals surface area (Å²) in [6, 6.07) is 8.45. The zero-order chi connectivity index (χ0) is 15.6. The predicted octanol–water partition coefficient (Wildman–Crippen LogP) is 3.87. The van der Waals surface area contributed by atoms with Crippen LogP contribution in [-0.2, 0) is 0 Å². The third-order valence-electron chi connectivity index (χ3n) is 3.33. The number of halogens is 1. The molecule has 0 aliphatic carbocycles. The smallest absolute Gasteiger partial charge is 0.252 e. The molecule has 21 heavy (non-hydrogen) atoms. The lowest BCUT2D eigenvalue weighted by Gasteiger charge is -2.20. The van der Waals surface area contributed by atoms with Gasteiger partial charge in [-0.2, -0.15) is 0 Å². The average Bonchev–Trinajstić information content (AvgIpc) is 2.77. The highest BCUT2D eigenvalue weighted by Gasteiger charge is 2.20. The number of nitrogens with one attached hydrogen (secondary N) is 1. The van der Waals surface area contributed by atoms with E-state index in [2.05, 4.69) is 5.32 Å². The van der Waals surface area contributed by atoms with E-state index in [4.69, 9.17) is 11.6 Å². The summed E-state index contributed by atoms with van der Waals surface area (Å²) in [4.78, 5) is 14.3. The van der Waals surface area contributed by atoms with Gasteiger partial charge in [0.1, 0.15) is 0 Å². The first-order valence-corrected chi connectivity index (χ1v) is 7.89. The van der Waals surface area contributed by atoms with Crippen LogP contribution in [0, 0.1) is 13.8 Å². The predicted molar refractivity (Wildman–Crippen MR) is 87.1 cm³/mol. The van der Waals surface area contributed by atoms with Gasteiger partial charge in [-0.3, -0.25) is 4.79 Å². The van der Waals surface area contributed by atoms with E-state index in [9.17, 15) is 9.90 Å². The van der Waals surface area contributed by atoms with Gasteiger partial charge in [-0.1, -0.05) is 23.7 Å². The SMILES string of the molecule is Cc1cc(C(=O)NC(C)C(O)c2ccc(Cl)cc2)c(C)s1. The Morgan fingerprint density at radius 3 is 2.43 bits per heavy atom. The van der Waals surface area contributed by atoms with Crippen molar-refractivity contribution < 1.29 is 9.90 Å². The number of amides is 1. The van der Waals surface area contributed by atoms with Crippen molar-refractivity contribution in [1.82, 2.24) is 5.32 Å². The van der Waals surface area contributed by atoms with Crippen LogP contribution in [0.2, 0.25) is 5.02 Å². The lowest BCUT2D eigenvalue weighted by atomic mass is 10.0. The normalized spacial score (nSPS) is 13.8. The molecule has 0 saturated heterocycles. The lowest BCUT2D eigenvalue weighted by molar-refractivity contribution is 0.0852. The second kappa shape index (κ2) is 6.60. The Hall–Kier alpha value is -1.36. The lowest BCUT2D eigenvalue weighted by Crippen LogP contribution is -2.37. The van der Waals surface area contributed by atoms with Gasteiger partial charge < -0.3 is 10.4 Å². The molecule has 1 aromatic heterocycles. The number of hydrogen-bond donors (Lipinski definition) is 2. The molecule has 0 saturated carbocycles. The first kappa shape index (κ1) is 16.0. The molecule has 2 unspecified atom stereocenters. The van der Waals surface area contributed by atoms with Gasteiger partial charge in [-0.05, 0) is 44.5 Å². The molecule has 2 atom stereocenters. The minimum atomic E-state index is -0.772. The Morgan fingerprint density at radius 1 is 1.29 bits per heavy atom. The monoisotopic (exact) mass is 323 g/mol. The molecule has 2 aromatic rings. The number of rotatable bonds is 4. The molecule has 0 aliphatic heterocycles. The fourth-order valence-corrected chi connectivity index (χ4v) is 3.22. The maximum Gasteiger partial charge on any atom is 0.252 e. The molecule has 5 heteroatoms. The first-order chi connectivity index (χ1) is 9.88. The zero-order valence-electron chi connectivity index (χ0n) is 12.2. The van der Waals surface area contributed by atoms with E-state index in [1.54, 1.807) is 42.5 Å². The maximum atomic E-state index is 12.2. The van der Waals surface area contributed by atoms with Crippen molar-refractivity contribution >= 4 is 28.8 Å². The molecule has 0 fully saturated rings. The van der Waals surface area contributed by atoms with Crippen LogP contribution in [0.5, 0.6) is 0 Å². The molecule has 2 rings (SSSR count). The van der Waals surface area contributed by atoms with Crippen LogP contribution >= 0.6 is 22.9 Å². The fraction of sp³-hybridized carbons (Fsp3) is 0.312. The summed E-state index contributed by atoms with van der Waals surface area (Å²) in [5.74, 6) is -0.155. The Balaban J connectivity index is 2.06. The highest BCUT2D eigenvalue weighted by atomic mass is 35.5. The quantitative estimate of drug-likeness (QED) is 0.897. The van der Waals surface area contributed by atoms with Gasteiger partial charge in [0.15, 0.2) is 0 Å². The largest absolute Gasteiger partial charge is 0.386 e. The van der Waals surface area contributed by atoms with E-state index in [0.29, 0.717) is 10.6 Å². The molecule has 1 amide bonds. The summed E-state index contributed by atoms with van der Waals surface area (Å²) in [6.07, 6.45) is -0.772. The third-order valence-corrected chi connectivity index (χ3v) is 4.55. The van der Waals surface area contributed by atoms with Crippen LogP contribution < -0.4 is 5.32 Å². The van der Waals surface area contributed by atoms with Crippen molar-refractivity contribution in [3.8, 4) is 0 Å². The maximum absolute atomic E-state index is 12.2. The van der Waals surface area contributed by atoms with Gasteiger partial charge in [0.2, 0.25) is 0 Å². The number of benzene rings is 1. The van der Waals surface area contributed by atoms with Crippen molar-refractivity contribution in [3.05, 3.63) is 56.2 Å². The molecule has 1 heterocycles. The Labute approximate surface area is 133 Å². The summed E-state index contributed by atoms with van der Waals surface area (Å²) in [6.45, 7) is 5.68. The van der Waals surface area contributed by atoms with Crippen molar-refractivity contribution in [1.29, 1.82) is 0 Å². The van der Waals surface area contributed by atoms with E-state index in [1.165, 1.54) is 0 Å². The van der Waals surface area contributed by atoms with Gasteiger partial charge >= 0.3 is 0 Å². The van der Waals surface area contributed by atoms with Crippen LogP contribution in [0.4, 0.5) is 0 Å². The van der Waals surface area contributed by atoms with E-state index in [-0.39, 0.29) is 5.91 Å². The van der Waals surface area contributed by atoms with Gasteiger partial charge in [-0.25, -0.2) is 0 Å². The highest BCUT2D eigenvalue weighted by molar-refractivity contribution is 7.12. The van der Waals surface area contributed by atoms with Gasteiger partial charge in [0, 0.05) is 14.8 Å². The minimum absolute atomic E-state index is 0.155. The summed E-state index contributed by atoms with van der Waals surface area (Å²) in [5.41, 5.74) is 1.40. The number of carbonyl (C=O) groups is 1. The number of thiophene rings is 1. The zero-order valence-corrected chi connectivity index (χ0v) is 13.8. The molecular weight excluding hydrogens is 306 g/mol. The average molecular weight is 324 g/mol. The van der Waals surface area contributed by atoms with Crippen molar-refractivity contribution in [2.75, 3.05) is 0 Å². The molecule has 0 aliphatic rings. The Morgan fingerprint density at radius 2 is 1.90 bits per heavy atom. The van der Waals surface area contributed by atoms with E-state index >= 15 is 0 Å². The van der Waals surface area contributed by atoms with Crippen LogP contribution in [0.15, 0.2) is 30.3 Å². The molecule has 112 valence electrons. The summed E-state index contributed by atoms with van der Waals surface area (Å²) >= 11 is 7.42. The van der Waals surface area contributed by atoms with Gasteiger partial charge in [-0.15, -0.1) is 11.3 Å². The van der Waals surface area contributed by atoms with E-state index in [0.717, 1.165) is 15.3 Å². The van der Waals surface area contributed by atoms with Gasteiger partial charge in [0.05, 0.1) is 17.7 Å². The minimum Gasteiger partial charge on any atom is -0.386 e. The van der Waals surface area contributed by atoms with E-state index < -0.39 is 12.1 Å². The molecule has 0 spiro atoms. The van der Waals surface area contributed by atoms with Crippen LogP contribution in [0.3, 0.4) is 0 Å². The number of carbonyl (C=O) groups excluding carboxylic acids is 1. The molecule has 0 radical (unpaired) electrons. The summed E-state index contributed by atoms with van der Waals surface area (Å²) in [7, 11) is 0. The Bertz CT molecular complexity index is 636. The topological polar surface area (TPSA) is 49.3 Å². The fourth-order valence-electron chi connectivity index (χ4n) is 2.17. The highest BCUT2D eigenvalue weighted by Crippen LogP contribution is 2.22. The van der Waals surface area contributed by atoms with E-state index in [1.807, 2.05) is 19.9 Å². The molecular formula is C16H18ClNO2S. The number of aliphatic hydroxyl groups excluding tert-OH is 1. The van der Waals surface area contributed by atoms with Crippen molar-refractivity contribution in [3.63, 3.8) is 0 Å². The summed E-state index contributed by atoms with van der Waals surface area (Å²) in [5, 5.41) is 13.8. The summed E-state index contributed by atoms with van der Waals surface area (Å²) < 4.78 is 0. The Kier molecular flexibility index (Phi) is 5.04. The number of aliphatic hydroxyl groups is 1.